The quantitative estimate of drug-likeness (QED) is 0.0317. The first-order valence-electron chi connectivity index (χ1n) is 24.3. The summed E-state index contributed by atoms with van der Waals surface area (Å²) in [5.74, 6) is -4.97. The zero-order chi connectivity index (χ0) is 51.0. The number of hydrogen-bond acceptors (Lipinski definition) is 15. The van der Waals surface area contributed by atoms with Crippen molar-refractivity contribution in [2.45, 2.75) is 141 Å². The Morgan fingerprint density at radius 2 is 0.754 bits per heavy atom. The molecule has 1 unspecified atom stereocenters. The lowest BCUT2D eigenvalue weighted by Crippen LogP contribution is -2.41. The van der Waals surface area contributed by atoms with Crippen LogP contribution in [0.1, 0.15) is 128 Å². The zero-order valence-corrected chi connectivity index (χ0v) is 40.4. The lowest BCUT2D eigenvalue weighted by Gasteiger charge is -2.14. The minimum Gasteiger partial charge on any atom is -0.481 e. The molecule has 2 atom stereocenters. The normalized spacial score (nSPS) is 11.8. The van der Waals surface area contributed by atoms with Crippen LogP contribution in [0.5, 0.6) is 0 Å². The van der Waals surface area contributed by atoms with Gasteiger partial charge < -0.3 is 75.1 Å². The van der Waals surface area contributed by atoms with Gasteiger partial charge in [0, 0.05) is 45.3 Å². The molecule has 0 aromatic carbocycles. The van der Waals surface area contributed by atoms with E-state index in [0.717, 1.165) is 44.9 Å². The molecule has 5 amide bonds. The molecular formula is C46H81N5O18. The van der Waals surface area contributed by atoms with Crippen LogP contribution in [0.2, 0.25) is 0 Å². The summed E-state index contributed by atoms with van der Waals surface area (Å²) >= 11 is 0. The molecule has 8 N–H and O–H groups in total. The first-order chi connectivity index (χ1) is 33.3. The first kappa shape index (κ1) is 64.2. The van der Waals surface area contributed by atoms with Crippen molar-refractivity contribution < 1.29 is 86.9 Å². The van der Waals surface area contributed by atoms with Gasteiger partial charge in [-0.15, -0.1) is 0 Å². The highest BCUT2D eigenvalue weighted by molar-refractivity contribution is 5.84. The van der Waals surface area contributed by atoms with Crippen LogP contribution in [-0.4, -0.2) is 180 Å². The van der Waals surface area contributed by atoms with Crippen LogP contribution in [0.3, 0.4) is 0 Å². The smallest absolute Gasteiger partial charge is 0.326 e. The zero-order valence-electron chi connectivity index (χ0n) is 40.4. The van der Waals surface area contributed by atoms with Crippen molar-refractivity contribution in [2.24, 2.45) is 0 Å². The second-order valence-electron chi connectivity index (χ2n) is 16.1. The molecule has 0 aromatic heterocycles. The van der Waals surface area contributed by atoms with E-state index in [-0.39, 0.29) is 161 Å². The molecule has 69 heavy (non-hydrogen) atoms. The third-order valence-electron chi connectivity index (χ3n) is 10.0. The number of rotatable bonds is 51. The van der Waals surface area contributed by atoms with Gasteiger partial charge in [-0.1, -0.05) is 77.0 Å². The predicted octanol–water partition coefficient (Wildman–Crippen LogP) is 1.66. The highest BCUT2D eigenvalue weighted by Gasteiger charge is 2.21. The third kappa shape index (κ3) is 46.7. The Bertz CT molecular complexity index is 1420. The minimum atomic E-state index is -1.20. The van der Waals surface area contributed by atoms with Gasteiger partial charge >= 0.3 is 17.9 Å². The Balaban J connectivity index is 3.64. The number of aliphatic carboxylic acids is 3. The van der Waals surface area contributed by atoms with Crippen molar-refractivity contribution in [1.82, 2.24) is 26.6 Å². The second kappa shape index (κ2) is 46.9. The Hall–Kier alpha value is -4.81. The summed E-state index contributed by atoms with van der Waals surface area (Å²) in [7, 11) is 0. The summed E-state index contributed by atoms with van der Waals surface area (Å²) in [5.41, 5.74) is 0. The van der Waals surface area contributed by atoms with Gasteiger partial charge in [-0.3, -0.25) is 33.6 Å². The van der Waals surface area contributed by atoms with Crippen LogP contribution in [0, 0.1) is 0 Å². The fourth-order valence-electron chi connectivity index (χ4n) is 6.32. The fourth-order valence-corrected chi connectivity index (χ4v) is 6.32. The molecule has 0 bridgehead atoms. The molecule has 0 heterocycles. The van der Waals surface area contributed by atoms with Crippen molar-refractivity contribution in [3.63, 3.8) is 0 Å². The molecular weight excluding hydrogens is 911 g/mol. The lowest BCUT2D eigenvalue weighted by molar-refractivity contribution is -0.142. The summed E-state index contributed by atoms with van der Waals surface area (Å²) in [4.78, 5) is 104. The van der Waals surface area contributed by atoms with Gasteiger partial charge in [-0.05, 0) is 25.7 Å². The number of carboxylic acid groups (broad SMARTS) is 3. The molecule has 398 valence electrons. The molecule has 0 saturated carbocycles. The number of unbranched alkanes of at least 4 members (excludes halogenated alkanes) is 13. The standard InChI is InChI=1S/C46H81N5O18/c52-33-37(17-20-45(60)61)50-43(57)36-69-32-29-66-26-23-49-42(56)35-68-31-28-65-25-22-48-41(55)34-67-30-27-64-24-21-47-39(53)19-18-38(46(62)63)51-40(54)15-13-11-9-7-5-3-1-2-4-6-8-10-12-14-16-44(58)59/h33,37-38H,1-32,34-36H2,(H,47,53)(H,48,55)(H,49,56)(H,50,57)(H,51,54)(H,58,59)(H,60,61)(H,62,63)/t37?,38-/m0/s1. The number of ether oxygens (including phenoxy) is 6. The van der Waals surface area contributed by atoms with Gasteiger partial charge in [0.05, 0.1) is 65.5 Å². The maximum atomic E-state index is 12.3. The molecule has 0 aliphatic carbocycles. The van der Waals surface area contributed by atoms with E-state index < -0.39 is 35.9 Å². The number of carbonyl (C=O) groups is 9. The Morgan fingerprint density at radius 1 is 0.377 bits per heavy atom. The highest BCUT2D eigenvalue weighted by Crippen LogP contribution is 2.14. The van der Waals surface area contributed by atoms with Gasteiger partial charge in [0.1, 0.15) is 32.1 Å². The van der Waals surface area contributed by atoms with Gasteiger partial charge in [-0.25, -0.2) is 4.79 Å². The monoisotopic (exact) mass is 992 g/mol. The van der Waals surface area contributed by atoms with Crippen LogP contribution < -0.4 is 26.6 Å². The molecule has 0 fully saturated rings. The fraction of sp³-hybridized carbons (Fsp3) is 0.804. The van der Waals surface area contributed by atoms with Gasteiger partial charge in [0.15, 0.2) is 0 Å². The molecule has 0 aromatic rings. The van der Waals surface area contributed by atoms with Crippen molar-refractivity contribution in [2.75, 3.05) is 98.9 Å². The third-order valence-corrected chi connectivity index (χ3v) is 10.0. The van der Waals surface area contributed by atoms with E-state index in [2.05, 4.69) is 26.6 Å². The summed E-state index contributed by atoms with van der Waals surface area (Å²) in [6, 6.07) is -2.06. The van der Waals surface area contributed by atoms with E-state index in [0.29, 0.717) is 12.7 Å². The number of carbonyl (C=O) groups excluding carboxylic acids is 6. The maximum Gasteiger partial charge on any atom is 0.326 e. The van der Waals surface area contributed by atoms with Crippen molar-refractivity contribution in [3.05, 3.63) is 0 Å². The van der Waals surface area contributed by atoms with E-state index in [1.807, 2.05) is 0 Å². The van der Waals surface area contributed by atoms with Gasteiger partial charge in [0.25, 0.3) is 0 Å². The van der Waals surface area contributed by atoms with Crippen LogP contribution >= 0.6 is 0 Å². The van der Waals surface area contributed by atoms with E-state index in [1.165, 1.54) is 38.5 Å². The van der Waals surface area contributed by atoms with E-state index in [4.69, 9.17) is 38.6 Å². The minimum absolute atomic E-state index is 0.0160. The number of nitrogens with one attached hydrogen (secondary N) is 5. The van der Waals surface area contributed by atoms with Crippen molar-refractivity contribution in [1.29, 1.82) is 0 Å². The van der Waals surface area contributed by atoms with E-state index in [1.54, 1.807) is 0 Å². The summed E-state index contributed by atoms with van der Waals surface area (Å²) in [5, 5.41) is 39.6. The average Bonchev–Trinajstić information content (AvgIpc) is 3.31. The SMILES string of the molecule is O=CC(CCC(=O)O)NC(=O)COCCOCCNC(=O)COCCOCCNC(=O)COCCOCCNC(=O)CC[C@H](NC(=O)CCCCCCCCCCCCCCCCC(=O)O)C(=O)O. The second-order valence-corrected chi connectivity index (χ2v) is 16.1. The highest BCUT2D eigenvalue weighted by atomic mass is 16.5. The summed E-state index contributed by atoms with van der Waals surface area (Å²) in [6.07, 6.45) is 15.5. The molecule has 0 aliphatic heterocycles. The largest absolute Gasteiger partial charge is 0.481 e. The topological polar surface area (TPSA) is 330 Å². The maximum absolute atomic E-state index is 12.3. The molecule has 0 radical (unpaired) electrons. The van der Waals surface area contributed by atoms with Crippen molar-refractivity contribution in [3.8, 4) is 0 Å². The molecule has 0 saturated heterocycles. The number of carboxylic acids is 3. The molecule has 0 spiro atoms. The number of hydrogen-bond donors (Lipinski definition) is 8. The number of aldehydes is 1. The Labute approximate surface area is 405 Å². The average molecular weight is 992 g/mol. The lowest BCUT2D eigenvalue weighted by atomic mass is 10.0. The van der Waals surface area contributed by atoms with Gasteiger partial charge in [-0.2, -0.15) is 0 Å². The molecule has 23 nitrogen and oxygen atoms in total. The van der Waals surface area contributed by atoms with Crippen LogP contribution in [-0.2, 0) is 71.6 Å². The predicted molar refractivity (Wildman–Crippen MR) is 249 cm³/mol. The van der Waals surface area contributed by atoms with Crippen molar-refractivity contribution >= 4 is 53.7 Å². The van der Waals surface area contributed by atoms with E-state index in [9.17, 15) is 48.3 Å². The first-order valence-corrected chi connectivity index (χ1v) is 24.3. The summed E-state index contributed by atoms with van der Waals surface area (Å²) in [6.45, 7) is 1.44. The van der Waals surface area contributed by atoms with Crippen LogP contribution in [0.25, 0.3) is 0 Å². The van der Waals surface area contributed by atoms with Gasteiger partial charge in [0.2, 0.25) is 29.5 Å². The Morgan fingerprint density at radius 3 is 1.16 bits per heavy atom. The molecule has 23 heteroatoms. The molecule has 0 rings (SSSR count). The van der Waals surface area contributed by atoms with E-state index >= 15 is 0 Å². The Kier molecular flexibility index (Phi) is 43.6. The van der Waals surface area contributed by atoms with Crippen LogP contribution in [0.15, 0.2) is 0 Å². The summed E-state index contributed by atoms with van der Waals surface area (Å²) < 4.78 is 31.7. The number of amides is 5. The van der Waals surface area contributed by atoms with Crippen LogP contribution in [0.4, 0.5) is 0 Å². The molecule has 0 aliphatic rings.